The third-order valence-corrected chi connectivity index (χ3v) is 7.93. The van der Waals surface area contributed by atoms with E-state index in [0.29, 0.717) is 11.2 Å². The van der Waals surface area contributed by atoms with Gasteiger partial charge in [0.2, 0.25) is 0 Å². The summed E-state index contributed by atoms with van der Waals surface area (Å²) < 4.78 is 30.7. The zero-order chi connectivity index (χ0) is 19.6. The molecule has 0 fully saturated rings. The van der Waals surface area contributed by atoms with Crippen LogP contribution in [0.15, 0.2) is 90.0 Å². The Morgan fingerprint density at radius 1 is 0.857 bits per heavy atom. The second kappa shape index (κ2) is 7.76. The molecule has 4 aromatic rings. The summed E-state index contributed by atoms with van der Waals surface area (Å²) in [5.41, 5.74) is 2.16. The van der Waals surface area contributed by atoms with Crippen LogP contribution >= 0.6 is 0 Å². The van der Waals surface area contributed by atoms with Crippen LogP contribution in [-0.4, -0.2) is 28.4 Å². The minimum atomic E-state index is -3.68. The Hall–Kier alpha value is -2.66. The van der Waals surface area contributed by atoms with Gasteiger partial charge in [0.15, 0.2) is 0 Å². The van der Waals surface area contributed by atoms with Crippen LogP contribution < -0.4 is 13.6 Å². The van der Waals surface area contributed by atoms with Gasteiger partial charge in [-0.3, -0.25) is 0 Å². The first-order chi connectivity index (χ1) is 13.5. The van der Waals surface area contributed by atoms with Gasteiger partial charge in [-0.25, -0.2) is 0 Å². The number of hydrogen-bond acceptors (Lipinski definition) is 3. The Labute approximate surface area is 170 Å². The standard InChI is InChI=1S/C22H18N2O2SSe/c1-16-9-11-17(12-10-16)27(25,26)24-20-13-14-21(19-8-5-15-23-22(19)20)28-18-6-3-2-4-7-18/h2-15,24H,1H3. The van der Waals surface area contributed by atoms with Crippen molar-refractivity contribution in [3.05, 3.63) is 90.6 Å². The first-order valence-corrected chi connectivity index (χ1v) is 11.9. The predicted molar refractivity (Wildman–Crippen MR) is 115 cm³/mol. The number of pyridine rings is 1. The molecule has 1 heterocycles. The fourth-order valence-corrected chi connectivity index (χ4v) is 5.93. The van der Waals surface area contributed by atoms with Crippen molar-refractivity contribution < 1.29 is 8.42 Å². The molecule has 0 aliphatic rings. The zero-order valence-electron chi connectivity index (χ0n) is 15.2. The van der Waals surface area contributed by atoms with E-state index >= 15 is 0 Å². The van der Waals surface area contributed by atoms with Gasteiger partial charge in [0.25, 0.3) is 0 Å². The van der Waals surface area contributed by atoms with Gasteiger partial charge in [-0.15, -0.1) is 0 Å². The molecule has 140 valence electrons. The summed E-state index contributed by atoms with van der Waals surface area (Å²) in [5.74, 6) is 0. The van der Waals surface area contributed by atoms with Crippen LogP contribution in [-0.2, 0) is 10.0 Å². The second-order valence-corrected chi connectivity index (χ2v) is 10.4. The third-order valence-electron chi connectivity index (χ3n) is 4.28. The van der Waals surface area contributed by atoms with Gasteiger partial charge in [0, 0.05) is 0 Å². The molecule has 0 aliphatic heterocycles. The third kappa shape index (κ3) is 3.94. The normalized spacial score (nSPS) is 11.5. The molecule has 28 heavy (non-hydrogen) atoms. The van der Waals surface area contributed by atoms with E-state index < -0.39 is 10.0 Å². The Morgan fingerprint density at radius 3 is 2.36 bits per heavy atom. The van der Waals surface area contributed by atoms with Crippen LogP contribution in [0.3, 0.4) is 0 Å². The number of anilines is 1. The maximum atomic E-state index is 12.8. The molecule has 6 heteroatoms. The van der Waals surface area contributed by atoms with Crippen molar-refractivity contribution in [1.82, 2.24) is 4.98 Å². The number of aromatic nitrogens is 1. The Balaban J connectivity index is 1.73. The fourth-order valence-electron chi connectivity index (χ4n) is 2.85. The van der Waals surface area contributed by atoms with Crippen LogP contribution in [0.2, 0.25) is 0 Å². The summed E-state index contributed by atoms with van der Waals surface area (Å²) >= 11 is 0.108. The average Bonchev–Trinajstić information content (AvgIpc) is 2.71. The average molecular weight is 453 g/mol. The fraction of sp³-hybridized carbons (Fsp3) is 0.0455. The van der Waals surface area contributed by atoms with Crippen molar-refractivity contribution in [2.75, 3.05) is 4.72 Å². The molecule has 0 aliphatic carbocycles. The number of sulfonamides is 1. The molecule has 4 nitrogen and oxygen atoms in total. The van der Waals surface area contributed by atoms with E-state index in [1.54, 1.807) is 36.5 Å². The number of aryl methyl sites for hydroxylation is 1. The number of hydrogen-bond donors (Lipinski definition) is 1. The van der Waals surface area contributed by atoms with Crippen molar-refractivity contribution in [2.45, 2.75) is 11.8 Å². The minimum absolute atomic E-state index is 0.108. The van der Waals surface area contributed by atoms with Gasteiger partial charge in [-0.1, -0.05) is 0 Å². The summed E-state index contributed by atoms with van der Waals surface area (Å²) in [7, 11) is -3.68. The quantitative estimate of drug-likeness (QED) is 0.473. The monoisotopic (exact) mass is 454 g/mol. The van der Waals surface area contributed by atoms with Crippen LogP contribution in [0.4, 0.5) is 5.69 Å². The predicted octanol–water partition coefficient (Wildman–Crippen LogP) is 3.00. The molecule has 0 radical (unpaired) electrons. The van der Waals surface area contributed by atoms with Gasteiger partial charge in [-0.05, 0) is 0 Å². The molecule has 1 aromatic heterocycles. The van der Waals surface area contributed by atoms with E-state index in [4.69, 9.17) is 0 Å². The van der Waals surface area contributed by atoms with Gasteiger partial charge in [0.1, 0.15) is 0 Å². The molecule has 0 bridgehead atoms. The van der Waals surface area contributed by atoms with Crippen molar-refractivity contribution >= 4 is 50.5 Å². The van der Waals surface area contributed by atoms with Crippen molar-refractivity contribution in [2.24, 2.45) is 0 Å². The van der Waals surface area contributed by atoms with Gasteiger partial charge in [0.05, 0.1) is 0 Å². The summed E-state index contributed by atoms with van der Waals surface area (Å²) in [4.78, 5) is 4.69. The van der Waals surface area contributed by atoms with Gasteiger partial charge < -0.3 is 0 Å². The molecule has 0 saturated carbocycles. The SMILES string of the molecule is Cc1ccc(S(=O)(=O)Nc2ccc([Se]c3ccccc3)c3cccnc23)cc1. The molecule has 0 saturated heterocycles. The van der Waals surface area contributed by atoms with Crippen molar-refractivity contribution in [3.8, 4) is 0 Å². The second-order valence-electron chi connectivity index (χ2n) is 6.34. The summed E-state index contributed by atoms with van der Waals surface area (Å²) in [5, 5.41) is 0.968. The molecular weight excluding hydrogens is 435 g/mol. The molecule has 1 N–H and O–H groups in total. The summed E-state index contributed by atoms with van der Waals surface area (Å²) in [6.07, 6.45) is 1.69. The Kier molecular flexibility index (Phi) is 5.18. The van der Waals surface area contributed by atoms with Crippen LogP contribution in [0.25, 0.3) is 10.9 Å². The zero-order valence-corrected chi connectivity index (χ0v) is 17.7. The molecule has 0 unspecified atom stereocenters. The number of rotatable bonds is 5. The van der Waals surface area contributed by atoms with Gasteiger partial charge >= 0.3 is 171 Å². The van der Waals surface area contributed by atoms with Crippen LogP contribution in [0, 0.1) is 6.92 Å². The summed E-state index contributed by atoms with van der Waals surface area (Å²) in [6, 6.07) is 24.7. The van der Waals surface area contributed by atoms with Gasteiger partial charge in [-0.2, -0.15) is 0 Å². The van der Waals surface area contributed by atoms with Crippen LogP contribution in [0.5, 0.6) is 0 Å². The maximum absolute atomic E-state index is 12.8. The molecule has 0 spiro atoms. The van der Waals surface area contributed by atoms with E-state index in [-0.39, 0.29) is 19.9 Å². The Bertz CT molecular complexity index is 1220. The molecule has 0 atom stereocenters. The number of nitrogens with zero attached hydrogens (tertiary/aromatic N) is 1. The van der Waals surface area contributed by atoms with E-state index in [1.807, 2.05) is 43.3 Å². The number of benzene rings is 3. The van der Waals surface area contributed by atoms with E-state index in [1.165, 1.54) is 8.92 Å². The Morgan fingerprint density at radius 2 is 1.61 bits per heavy atom. The topological polar surface area (TPSA) is 59.1 Å². The first kappa shape index (κ1) is 18.7. The van der Waals surface area contributed by atoms with Crippen molar-refractivity contribution in [3.63, 3.8) is 0 Å². The number of nitrogens with one attached hydrogen (secondary N) is 1. The van der Waals surface area contributed by atoms with Crippen molar-refractivity contribution in [1.29, 1.82) is 0 Å². The summed E-state index contributed by atoms with van der Waals surface area (Å²) in [6.45, 7) is 1.93. The number of fused-ring (bicyclic) bond motifs is 1. The molecule has 3 aromatic carbocycles. The molecule has 4 rings (SSSR count). The molecular formula is C22H18N2O2SSe. The van der Waals surface area contributed by atoms with E-state index in [9.17, 15) is 8.42 Å². The van der Waals surface area contributed by atoms with Crippen LogP contribution in [0.1, 0.15) is 5.56 Å². The first-order valence-electron chi connectivity index (χ1n) is 8.73. The van der Waals surface area contributed by atoms with E-state index in [2.05, 4.69) is 21.8 Å². The molecule has 0 amide bonds. The van der Waals surface area contributed by atoms with E-state index in [0.717, 1.165) is 10.9 Å².